The predicted octanol–water partition coefficient (Wildman–Crippen LogP) is 3.22. The lowest BCUT2D eigenvalue weighted by molar-refractivity contribution is 0.0303. The number of rotatable bonds is 1. The summed E-state index contributed by atoms with van der Waals surface area (Å²) in [6.07, 6.45) is 2.24. The minimum atomic E-state index is -0.963. The van der Waals surface area contributed by atoms with E-state index in [1.807, 2.05) is 0 Å². The van der Waals surface area contributed by atoms with Crippen LogP contribution in [0.5, 0.6) is 0 Å². The van der Waals surface area contributed by atoms with Gasteiger partial charge in [-0.3, -0.25) is 0 Å². The monoisotopic (exact) mass is 208 g/mol. The summed E-state index contributed by atoms with van der Waals surface area (Å²) in [6, 6.07) is 6.54. The van der Waals surface area contributed by atoms with E-state index in [1.54, 1.807) is 18.2 Å². The van der Waals surface area contributed by atoms with Crippen LogP contribution < -0.4 is 0 Å². The van der Waals surface area contributed by atoms with Gasteiger partial charge in [0.2, 0.25) is 0 Å². The number of aliphatic hydroxyl groups is 1. The number of halogens is 1. The molecule has 82 valence electrons. The Labute approximate surface area is 89.9 Å². The van der Waals surface area contributed by atoms with Crippen LogP contribution in [0.25, 0.3) is 0 Å². The third-order valence-electron chi connectivity index (χ3n) is 3.36. The van der Waals surface area contributed by atoms with Gasteiger partial charge in [0, 0.05) is 5.56 Å². The Morgan fingerprint density at radius 3 is 2.40 bits per heavy atom. The largest absolute Gasteiger partial charge is 0.385 e. The maximum Gasteiger partial charge on any atom is 0.129 e. The Balaban J connectivity index is 2.36. The second-order valence-electron chi connectivity index (χ2n) is 5.35. The SMILES string of the molecule is CC1(C)CC[C@](O)(c2ccccc2F)C1. The molecule has 0 aliphatic heterocycles. The molecular weight excluding hydrogens is 191 g/mol. The molecule has 1 aliphatic rings. The third kappa shape index (κ3) is 1.91. The molecule has 1 aliphatic carbocycles. The summed E-state index contributed by atoms with van der Waals surface area (Å²) < 4.78 is 13.6. The van der Waals surface area contributed by atoms with Gasteiger partial charge in [-0.25, -0.2) is 4.39 Å². The molecule has 0 amide bonds. The lowest BCUT2D eigenvalue weighted by Gasteiger charge is -2.26. The predicted molar refractivity (Wildman–Crippen MR) is 57.9 cm³/mol. The van der Waals surface area contributed by atoms with Gasteiger partial charge in [-0.05, 0) is 30.7 Å². The van der Waals surface area contributed by atoms with Crippen molar-refractivity contribution < 1.29 is 9.50 Å². The van der Waals surface area contributed by atoms with E-state index in [0.29, 0.717) is 18.4 Å². The van der Waals surface area contributed by atoms with E-state index < -0.39 is 5.60 Å². The lowest BCUT2D eigenvalue weighted by Crippen LogP contribution is -2.24. The summed E-state index contributed by atoms with van der Waals surface area (Å²) in [4.78, 5) is 0. The lowest BCUT2D eigenvalue weighted by atomic mass is 9.86. The van der Waals surface area contributed by atoms with Gasteiger partial charge in [0.25, 0.3) is 0 Å². The van der Waals surface area contributed by atoms with Gasteiger partial charge in [0.05, 0.1) is 5.60 Å². The molecule has 15 heavy (non-hydrogen) atoms. The Morgan fingerprint density at radius 1 is 1.20 bits per heavy atom. The Morgan fingerprint density at radius 2 is 1.87 bits per heavy atom. The normalized spacial score (nSPS) is 29.3. The van der Waals surface area contributed by atoms with E-state index in [0.717, 1.165) is 6.42 Å². The fourth-order valence-electron chi connectivity index (χ4n) is 2.58. The highest BCUT2D eigenvalue weighted by atomic mass is 19.1. The van der Waals surface area contributed by atoms with Gasteiger partial charge in [-0.15, -0.1) is 0 Å². The zero-order valence-electron chi connectivity index (χ0n) is 9.26. The maximum atomic E-state index is 13.6. The number of hydrogen-bond acceptors (Lipinski definition) is 1. The first-order valence-corrected chi connectivity index (χ1v) is 5.40. The highest BCUT2D eigenvalue weighted by Gasteiger charge is 2.44. The first-order chi connectivity index (χ1) is 6.93. The molecule has 0 radical (unpaired) electrons. The van der Waals surface area contributed by atoms with Crippen molar-refractivity contribution in [1.82, 2.24) is 0 Å². The van der Waals surface area contributed by atoms with E-state index in [9.17, 15) is 9.50 Å². The van der Waals surface area contributed by atoms with Crippen molar-refractivity contribution in [3.8, 4) is 0 Å². The van der Waals surface area contributed by atoms with E-state index in [2.05, 4.69) is 13.8 Å². The van der Waals surface area contributed by atoms with Crippen molar-refractivity contribution in [2.45, 2.75) is 38.7 Å². The quantitative estimate of drug-likeness (QED) is 0.751. The van der Waals surface area contributed by atoms with Crippen LogP contribution in [0.1, 0.15) is 38.7 Å². The van der Waals surface area contributed by atoms with Crippen molar-refractivity contribution in [1.29, 1.82) is 0 Å². The van der Waals surface area contributed by atoms with Gasteiger partial charge in [-0.2, -0.15) is 0 Å². The fraction of sp³-hybridized carbons (Fsp3) is 0.538. The first kappa shape index (κ1) is 10.6. The minimum absolute atomic E-state index is 0.108. The Bertz CT molecular complexity index is 373. The molecule has 0 saturated heterocycles. The van der Waals surface area contributed by atoms with Gasteiger partial charge in [0.15, 0.2) is 0 Å². The molecule has 1 atom stereocenters. The smallest absolute Gasteiger partial charge is 0.129 e. The zero-order valence-corrected chi connectivity index (χ0v) is 9.26. The molecule has 0 spiro atoms. The summed E-state index contributed by atoms with van der Waals surface area (Å²) in [7, 11) is 0. The zero-order chi connectivity index (χ0) is 11.1. The topological polar surface area (TPSA) is 20.2 Å². The van der Waals surface area contributed by atoms with Gasteiger partial charge >= 0.3 is 0 Å². The van der Waals surface area contributed by atoms with Gasteiger partial charge in [-0.1, -0.05) is 32.0 Å². The standard InChI is InChI=1S/C13H17FO/c1-12(2)7-8-13(15,9-12)10-5-3-4-6-11(10)14/h3-6,15H,7-9H2,1-2H3/t13-/m1/s1. The second-order valence-corrected chi connectivity index (χ2v) is 5.35. The summed E-state index contributed by atoms with van der Waals surface area (Å²) in [5.74, 6) is -0.294. The highest BCUT2D eigenvalue weighted by molar-refractivity contribution is 5.26. The van der Waals surface area contributed by atoms with E-state index >= 15 is 0 Å². The molecule has 1 aromatic carbocycles. The van der Waals surface area contributed by atoms with Crippen LogP contribution in [0, 0.1) is 11.2 Å². The molecule has 1 N–H and O–H groups in total. The Hall–Kier alpha value is -0.890. The van der Waals surface area contributed by atoms with Crippen LogP contribution >= 0.6 is 0 Å². The van der Waals surface area contributed by atoms with Crippen LogP contribution in [0.3, 0.4) is 0 Å². The van der Waals surface area contributed by atoms with Crippen LogP contribution in [-0.2, 0) is 5.60 Å². The van der Waals surface area contributed by atoms with Gasteiger partial charge in [0.1, 0.15) is 5.82 Å². The van der Waals surface area contributed by atoms with Crippen molar-refractivity contribution in [2.24, 2.45) is 5.41 Å². The molecule has 1 nitrogen and oxygen atoms in total. The summed E-state index contributed by atoms with van der Waals surface area (Å²) >= 11 is 0. The van der Waals surface area contributed by atoms with Crippen LogP contribution in [0.4, 0.5) is 4.39 Å². The summed E-state index contributed by atoms with van der Waals surface area (Å²) in [5, 5.41) is 10.4. The molecule has 2 heteroatoms. The molecule has 0 aromatic heterocycles. The molecule has 0 unspecified atom stereocenters. The highest BCUT2D eigenvalue weighted by Crippen LogP contribution is 2.49. The molecular formula is C13H17FO. The molecule has 1 saturated carbocycles. The summed E-state index contributed by atoms with van der Waals surface area (Å²) in [6.45, 7) is 4.23. The minimum Gasteiger partial charge on any atom is -0.385 e. The molecule has 1 fully saturated rings. The van der Waals surface area contributed by atoms with Crippen LogP contribution in [-0.4, -0.2) is 5.11 Å². The molecule has 0 heterocycles. The first-order valence-electron chi connectivity index (χ1n) is 5.40. The van der Waals surface area contributed by atoms with E-state index in [-0.39, 0.29) is 11.2 Å². The maximum absolute atomic E-state index is 13.6. The molecule has 0 bridgehead atoms. The van der Waals surface area contributed by atoms with Crippen molar-refractivity contribution in [2.75, 3.05) is 0 Å². The average Bonchev–Trinajstić information content (AvgIpc) is 2.42. The Kier molecular flexibility index (Phi) is 2.34. The van der Waals surface area contributed by atoms with Crippen molar-refractivity contribution in [3.05, 3.63) is 35.6 Å². The van der Waals surface area contributed by atoms with Crippen LogP contribution in [0.2, 0.25) is 0 Å². The van der Waals surface area contributed by atoms with E-state index in [4.69, 9.17) is 0 Å². The van der Waals surface area contributed by atoms with Crippen LogP contribution in [0.15, 0.2) is 24.3 Å². The average molecular weight is 208 g/mol. The number of benzene rings is 1. The summed E-state index contributed by atoms with van der Waals surface area (Å²) in [5.41, 5.74) is -0.401. The second kappa shape index (κ2) is 3.31. The number of hydrogen-bond donors (Lipinski definition) is 1. The fourth-order valence-corrected chi connectivity index (χ4v) is 2.58. The third-order valence-corrected chi connectivity index (χ3v) is 3.36. The van der Waals surface area contributed by atoms with Crippen molar-refractivity contribution in [3.63, 3.8) is 0 Å². The molecule has 1 aromatic rings. The van der Waals surface area contributed by atoms with Gasteiger partial charge < -0.3 is 5.11 Å². The van der Waals surface area contributed by atoms with Crippen molar-refractivity contribution >= 4 is 0 Å². The van der Waals surface area contributed by atoms with E-state index in [1.165, 1.54) is 6.07 Å². The molecule has 2 rings (SSSR count).